The summed E-state index contributed by atoms with van der Waals surface area (Å²) < 4.78 is 1.14. The average Bonchev–Trinajstić information content (AvgIpc) is 2.77. The molecule has 0 spiro atoms. The van der Waals surface area contributed by atoms with Gasteiger partial charge in [0, 0.05) is 4.47 Å². The first-order valence-corrected chi connectivity index (χ1v) is 7.88. The van der Waals surface area contributed by atoms with Crippen LogP contribution < -0.4 is 0 Å². The molecule has 0 N–H and O–H groups in total. The fraction of sp³-hybridized carbons (Fsp3) is 0.600. The Kier molecular flexibility index (Phi) is 2.39. The molecule has 3 aliphatic carbocycles. The zero-order valence-corrected chi connectivity index (χ0v) is 12.0. The molecule has 1 aromatic carbocycles. The lowest BCUT2D eigenvalue weighted by Crippen LogP contribution is -2.04. The van der Waals surface area contributed by atoms with Crippen molar-refractivity contribution in [3.63, 3.8) is 0 Å². The van der Waals surface area contributed by atoms with Crippen molar-refractivity contribution in [1.29, 1.82) is 0 Å². The summed E-state index contributed by atoms with van der Waals surface area (Å²) in [7, 11) is 0. The van der Waals surface area contributed by atoms with Gasteiger partial charge in [0.25, 0.3) is 0 Å². The van der Waals surface area contributed by atoms with Crippen molar-refractivity contribution in [1.82, 2.24) is 0 Å². The van der Waals surface area contributed by atoms with Gasteiger partial charge in [-0.1, -0.05) is 28.1 Å². The maximum absolute atomic E-state index is 6.70. The number of rotatable bonds is 2. The molecule has 0 aliphatic heterocycles. The third-order valence-electron chi connectivity index (χ3n) is 5.32. The summed E-state index contributed by atoms with van der Waals surface area (Å²) >= 11 is 10.2. The second-order valence-electron chi connectivity index (χ2n) is 6.02. The molecule has 0 aromatic heterocycles. The zero-order valence-electron chi connectivity index (χ0n) is 9.65. The molecule has 4 rings (SSSR count). The Morgan fingerprint density at radius 3 is 2.24 bits per heavy atom. The zero-order chi connectivity index (χ0) is 11.6. The minimum Gasteiger partial charge on any atom is -0.117 e. The number of alkyl halides is 1. The number of benzene rings is 1. The predicted octanol–water partition coefficient (Wildman–Crippen LogP) is 5.02. The summed E-state index contributed by atoms with van der Waals surface area (Å²) in [5.41, 5.74) is 1.31. The fourth-order valence-electron chi connectivity index (χ4n) is 4.65. The van der Waals surface area contributed by atoms with Crippen molar-refractivity contribution in [3.8, 4) is 0 Å². The molecule has 0 heterocycles. The number of hydrogen-bond acceptors (Lipinski definition) is 0. The van der Waals surface area contributed by atoms with E-state index in [0.29, 0.717) is 0 Å². The number of fused-ring (bicyclic) bond motifs is 5. The molecule has 3 saturated carbocycles. The second-order valence-corrected chi connectivity index (χ2v) is 7.40. The van der Waals surface area contributed by atoms with Crippen LogP contribution in [0.15, 0.2) is 28.7 Å². The first-order chi connectivity index (χ1) is 8.25. The monoisotopic (exact) mass is 310 g/mol. The molecular weight excluding hydrogens is 296 g/mol. The van der Waals surface area contributed by atoms with Gasteiger partial charge in [-0.05, 0) is 66.5 Å². The van der Waals surface area contributed by atoms with Gasteiger partial charge >= 0.3 is 0 Å². The minimum absolute atomic E-state index is 0.251. The molecule has 5 atom stereocenters. The highest BCUT2D eigenvalue weighted by Crippen LogP contribution is 2.73. The van der Waals surface area contributed by atoms with Crippen LogP contribution in [0.3, 0.4) is 0 Å². The van der Waals surface area contributed by atoms with E-state index < -0.39 is 0 Å². The molecule has 1 aromatic rings. The van der Waals surface area contributed by atoms with E-state index in [9.17, 15) is 0 Å². The summed E-state index contributed by atoms with van der Waals surface area (Å²) in [6, 6.07) is 8.57. The summed E-state index contributed by atoms with van der Waals surface area (Å²) in [4.78, 5) is 0. The van der Waals surface area contributed by atoms with Crippen LogP contribution in [0.4, 0.5) is 0 Å². The van der Waals surface area contributed by atoms with E-state index in [1.165, 1.54) is 24.8 Å². The lowest BCUT2D eigenvalue weighted by molar-refractivity contribution is 0.455. The largest absolute Gasteiger partial charge is 0.117 e. The summed E-state index contributed by atoms with van der Waals surface area (Å²) in [5, 5.41) is 0.251. The van der Waals surface area contributed by atoms with E-state index in [1.54, 1.807) is 0 Å². The Labute approximate surface area is 116 Å². The molecule has 5 unspecified atom stereocenters. The Balaban J connectivity index is 1.55. The number of halogens is 2. The first-order valence-electron chi connectivity index (χ1n) is 6.65. The van der Waals surface area contributed by atoms with Crippen LogP contribution in [-0.4, -0.2) is 0 Å². The van der Waals surface area contributed by atoms with Gasteiger partial charge in [0.15, 0.2) is 0 Å². The molecule has 3 fully saturated rings. The highest BCUT2D eigenvalue weighted by atomic mass is 79.9. The normalized spacial score (nSPS) is 43.5. The summed E-state index contributed by atoms with van der Waals surface area (Å²) in [6.45, 7) is 0. The van der Waals surface area contributed by atoms with Gasteiger partial charge in [0.05, 0.1) is 5.38 Å². The highest BCUT2D eigenvalue weighted by molar-refractivity contribution is 9.10. The summed E-state index contributed by atoms with van der Waals surface area (Å²) in [5.74, 6) is 4.77. The van der Waals surface area contributed by atoms with Crippen LogP contribution in [0.2, 0.25) is 0 Å². The van der Waals surface area contributed by atoms with Gasteiger partial charge in [-0.2, -0.15) is 0 Å². The lowest BCUT2D eigenvalue weighted by Gasteiger charge is -2.14. The SMILES string of the molecule is ClC(c1ccc(Br)cc1)C1C2C3CCC(C3)C21. The molecule has 0 saturated heterocycles. The van der Waals surface area contributed by atoms with Crippen LogP contribution in [-0.2, 0) is 0 Å². The molecule has 0 amide bonds. The van der Waals surface area contributed by atoms with E-state index in [4.69, 9.17) is 11.6 Å². The van der Waals surface area contributed by atoms with Crippen molar-refractivity contribution < 1.29 is 0 Å². The van der Waals surface area contributed by atoms with Crippen LogP contribution in [0.5, 0.6) is 0 Å². The minimum atomic E-state index is 0.251. The smallest absolute Gasteiger partial charge is 0.0619 e. The Bertz CT molecular complexity index is 425. The second kappa shape index (κ2) is 3.74. The Hall–Kier alpha value is -0.0100. The van der Waals surface area contributed by atoms with Gasteiger partial charge in [-0.25, -0.2) is 0 Å². The molecule has 2 heteroatoms. The van der Waals surface area contributed by atoms with E-state index in [1.807, 2.05) is 0 Å². The Morgan fingerprint density at radius 1 is 1.06 bits per heavy atom. The van der Waals surface area contributed by atoms with E-state index in [0.717, 1.165) is 34.1 Å². The van der Waals surface area contributed by atoms with Crippen molar-refractivity contribution in [2.75, 3.05) is 0 Å². The van der Waals surface area contributed by atoms with E-state index in [2.05, 4.69) is 40.2 Å². The molecular formula is C15H16BrCl. The van der Waals surface area contributed by atoms with Crippen LogP contribution in [0.1, 0.15) is 30.2 Å². The molecule has 17 heavy (non-hydrogen) atoms. The highest BCUT2D eigenvalue weighted by Gasteiger charge is 2.66. The Morgan fingerprint density at radius 2 is 1.65 bits per heavy atom. The maximum Gasteiger partial charge on any atom is 0.0619 e. The van der Waals surface area contributed by atoms with Crippen molar-refractivity contribution in [2.24, 2.45) is 29.6 Å². The quantitative estimate of drug-likeness (QED) is 0.673. The maximum atomic E-state index is 6.70. The fourth-order valence-corrected chi connectivity index (χ4v) is 5.40. The van der Waals surface area contributed by atoms with Gasteiger partial charge in [0.2, 0.25) is 0 Å². The first kappa shape index (κ1) is 10.9. The van der Waals surface area contributed by atoms with Crippen molar-refractivity contribution >= 4 is 27.5 Å². The molecule has 2 bridgehead atoms. The van der Waals surface area contributed by atoms with Crippen LogP contribution >= 0.6 is 27.5 Å². The van der Waals surface area contributed by atoms with E-state index >= 15 is 0 Å². The lowest BCUT2D eigenvalue weighted by atomic mass is 9.97. The third kappa shape index (κ3) is 1.55. The molecule has 90 valence electrons. The predicted molar refractivity (Wildman–Crippen MR) is 74.0 cm³/mol. The van der Waals surface area contributed by atoms with Gasteiger partial charge in [0.1, 0.15) is 0 Å². The van der Waals surface area contributed by atoms with Gasteiger partial charge < -0.3 is 0 Å². The molecule has 0 nitrogen and oxygen atoms in total. The van der Waals surface area contributed by atoms with Gasteiger partial charge in [-0.15, -0.1) is 11.6 Å². The van der Waals surface area contributed by atoms with Crippen LogP contribution in [0.25, 0.3) is 0 Å². The number of hydrogen-bond donors (Lipinski definition) is 0. The third-order valence-corrected chi connectivity index (χ3v) is 6.39. The average molecular weight is 312 g/mol. The van der Waals surface area contributed by atoms with E-state index in [-0.39, 0.29) is 5.38 Å². The topological polar surface area (TPSA) is 0 Å². The van der Waals surface area contributed by atoms with Crippen LogP contribution in [0, 0.1) is 29.6 Å². The van der Waals surface area contributed by atoms with Crippen molar-refractivity contribution in [3.05, 3.63) is 34.3 Å². The van der Waals surface area contributed by atoms with Gasteiger partial charge in [-0.3, -0.25) is 0 Å². The standard InChI is InChI=1S/C15H16BrCl/c16-11-5-3-8(4-6-11)15(17)14-12-9-1-2-10(7-9)13(12)14/h3-6,9-10,12-15H,1-2,7H2. The molecule has 0 radical (unpaired) electrons. The van der Waals surface area contributed by atoms with Crippen molar-refractivity contribution in [2.45, 2.75) is 24.6 Å². The summed E-state index contributed by atoms with van der Waals surface area (Å²) in [6.07, 6.45) is 4.47. The molecule has 3 aliphatic rings.